The van der Waals surface area contributed by atoms with Crippen LogP contribution in [0.5, 0.6) is 0 Å². The molecule has 1 aliphatic rings. The maximum Gasteiger partial charge on any atom is 0.256 e. The van der Waals surface area contributed by atoms with Crippen LogP contribution in [0, 0.1) is 6.92 Å². The van der Waals surface area contributed by atoms with Crippen molar-refractivity contribution in [1.82, 2.24) is 2.70 Å². The Morgan fingerprint density at radius 3 is 2.35 bits per heavy atom. The number of quaternary nitrogens is 1. The fourth-order valence-corrected chi connectivity index (χ4v) is 3.98. The minimum absolute atomic E-state index is 0.160. The van der Waals surface area contributed by atoms with Gasteiger partial charge in [-0.15, -0.1) is 0 Å². The topological polar surface area (TPSA) is 3.24 Å². The maximum atomic E-state index is 2.56. The van der Waals surface area contributed by atoms with Crippen LogP contribution in [0.4, 0.5) is 17.1 Å². The Morgan fingerprint density at radius 1 is 1.04 bits per heavy atom. The smallest absolute Gasteiger partial charge is 0.256 e. The second kappa shape index (κ2) is 5.49. The summed E-state index contributed by atoms with van der Waals surface area (Å²) in [6, 6.07) is 15.7. The average molecular weight is 421 g/mol. The van der Waals surface area contributed by atoms with Gasteiger partial charge in [-0.3, -0.25) is 4.90 Å². The summed E-state index contributed by atoms with van der Waals surface area (Å²) in [5, 5.41) is 0. The Bertz CT molecular complexity index is 744. The molecule has 122 valence electrons. The highest BCUT2D eigenvalue weighted by Crippen LogP contribution is 2.50. The lowest BCUT2D eigenvalue weighted by Crippen LogP contribution is -2.45. The highest BCUT2D eigenvalue weighted by atomic mass is 127. The van der Waals surface area contributed by atoms with E-state index in [0.717, 1.165) is 2.70 Å². The number of rotatable bonds is 1. The Kier molecular flexibility index (Phi) is 4.00. The summed E-state index contributed by atoms with van der Waals surface area (Å²) in [5.41, 5.74) is 6.91. The molecule has 0 N–H and O–H groups in total. The van der Waals surface area contributed by atoms with Crippen LogP contribution in [0.2, 0.25) is 0 Å². The number of benzene rings is 2. The number of para-hydroxylation sites is 2. The number of nitrogens with zero attached hydrogens (tertiary/aromatic N) is 2. The quantitative estimate of drug-likeness (QED) is 0.399. The molecule has 0 radical (unpaired) electrons. The number of hydrogen-bond donors (Lipinski definition) is 0. The summed E-state index contributed by atoms with van der Waals surface area (Å²) in [5.74, 6) is 0. The molecule has 3 heteroatoms. The molecule has 2 aromatic carbocycles. The van der Waals surface area contributed by atoms with Crippen LogP contribution >= 0.6 is 22.9 Å². The molecule has 0 fully saturated rings. The molecule has 1 unspecified atom stereocenters. The van der Waals surface area contributed by atoms with Crippen molar-refractivity contribution in [2.24, 2.45) is 0 Å². The van der Waals surface area contributed by atoms with E-state index in [1.54, 1.807) is 0 Å². The predicted octanol–water partition coefficient (Wildman–Crippen LogP) is 6.08. The van der Waals surface area contributed by atoms with Crippen molar-refractivity contribution in [3.8, 4) is 0 Å². The fraction of sp³-hybridized carbons (Fsp3) is 0.400. The fourth-order valence-electron chi connectivity index (χ4n) is 3.32. The first-order valence-electron chi connectivity index (χ1n) is 8.20. The summed E-state index contributed by atoms with van der Waals surface area (Å²) in [6.45, 7) is 11.4. The first kappa shape index (κ1) is 16.8. The number of halogens is 1. The monoisotopic (exact) mass is 421 g/mol. The van der Waals surface area contributed by atoms with Crippen molar-refractivity contribution >= 4 is 39.9 Å². The highest BCUT2D eigenvalue weighted by molar-refractivity contribution is 14.1. The van der Waals surface area contributed by atoms with E-state index in [1.165, 1.54) is 28.2 Å². The van der Waals surface area contributed by atoms with E-state index in [0.29, 0.717) is 6.17 Å². The first-order valence-corrected chi connectivity index (χ1v) is 9.16. The van der Waals surface area contributed by atoms with Gasteiger partial charge < -0.3 is 0 Å². The second-order valence-corrected chi connectivity index (χ2v) is 9.71. The minimum Gasteiger partial charge on any atom is -0.285 e. The molecule has 1 heterocycles. The third-order valence-electron chi connectivity index (χ3n) is 5.02. The van der Waals surface area contributed by atoms with Gasteiger partial charge in [-0.25, -0.2) is 2.70 Å². The maximum absolute atomic E-state index is 2.56. The van der Waals surface area contributed by atoms with Crippen LogP contribution < -0.4 is 7.60 Å². The lowest BCUT2D eigenvalue weighted by atomic mass is 9.86. The molecule has 0 aliphatic carbocycles. The molecule has 0 amide bonds. The Balaban J connectivity index is 2.20. The van der Waals surface area contributed by atoms with Crippen molar-refractivity contribution in [2.45, 2.75) is 46.2 Å². The molecule has 23 heavy (non-hydrogen) atoms. The van der Waals surface area contributed by atoms with Gasteiger partial charge >= 0.3 is 0 Å². The lowest BCUT2D eigenvalue weighted by molar-refractivity contribution is 0.496. The molecule has 2 nitrogen and oxygen atoms in total. The van der Waals surface area contributed by atoms with Gasteiger partial charge in [0.15, 0.2) is 11.9 Å². The molecule has 1 aliphatic heterocycles. The van der Waals surface area contributed by atoms with E-state index in [-0.39, 0.29) is 5.41 Å². The number of anilines is 2. The summed E-state index contributed by atoms with van der Waals surface area (Å²) in [6.07, 6.45) is 0.363. The van der Waals surface area contributed by atoms with Crippen LogP contribution in [0.25, 0.3) is 0 Å². The molecule has 0 spiro atoms. The van der Waals surface area contributed by atoms with E-state index >= 15 is 0 Å². The van der Waals surface area contributed by atoms with Crippen molar-refractivity contribution in [2.75, 3.05) is 11.9 Å². The molecule has 0 saturated heterocycles. The SMILES string of the molecule is Cc1ccc(C(C)(C)C)cc1N1c2ccccc2[N+](C)(I)[C@@H]1C. The third-order valence-corrected chi connectivity index (χ3v) is 6.35. The van der Waals surface area contributed by atoms with Crippen molar-refractivity contribution in [3.05, 3.63) is 53.6 Å². The Morgan fingerprint density at radius 2 is 1.70 bits per heavy atom. The van der Waals surface area contributed by atoms with Gasteiger partial charge in [0, 0.05) is 13.0 Å². The van der Waals surface area contributed by atoms with Gasteiger partial charge in [-0.2, -0.15) is 0 Å². The normalized spacial score (nSPS) is 24.0. The zero-order valence-electron chi connectivity index (χ0n) is 14.9. The Hall–Kier alpha value is -1.07. The standard InChI is InChI=1S/C20H26IN2/c1-14-11-12-16(20(3,4)5)13-18(14)22-15(2)23(6,21)19-10-8-7-9-17(19)22/h7-13,15H,1-6H3/q+1/t15-,23?/m1/s1. The number of fused-ring (bicyclic) bond motifs is 1. The van der Waals surface area contributed by atoms with Crippen LogP contribution in [-0.4, -0.2) is 13.2 Å². The summed E-state index contributed by atoms with van der Waals surface area (Å²) in [4.78, 5) is 2.51. The van der Waals surface area contributed by atoms with E-state index in [1.807, 2.05) is 0 Å². The van der Waals surface area contributed by atoms with Gasteiger partial charge in [-0.1, -0.05) is 45.0 Å². The average Bonchev–Trinajstić information content (AvgIpc) is 2.67. The summed E-state index contributed by atoms with van der Waals surface area (Å²) in [7, 11) is 2.28. The number of hydrogen-bond acceptors (Lipinski definition) is 1. The van der Waals surface area contributed by atoms with E-state index in [2.05, 4.69) is 112 Å². The van der Waals surface area contributed by atoms with Gasteiger partial charge in [0.1, 0.15) is 5.69 Å². The molecule has 0 saturated carbocycles. The van der Waals surface area contributed by atoms with Gasteiger partial charge in [0.25, 0.3) is 22.9 Å². The van der Waals surface area contributed by atoms with Crippen LogP contribution in [0.15, 0.2) is 42.5 Å². The van der Waals surface area contributed by atoms with E-state index in [4.69, 9.17) is 0 Å². The zero-order valence-corrected chi connectivity index (χ0v) is 17.0. The van der Waals surface area contributed by atoms with E-state index in [9.17, 15) is 0 Å². The molecular weight excluding hydrogens is 395 g/mol. The van der Waals surface area contributed by atoms with E-state index < -0.39 is 0 Å². The van der Waals surface area contributed by atoms with Gasteiger partial charge in [-0.05, 0) is 35.6 Å². The highest BCUT2D eigenvalue weighted by Gasteiger charge is 2.45. The minimum atomic E-state index is 0.160. The van der Waals surface area contributed by atoms with Gasteiger partial charge in [0.2, 0.25) is 0 Å². The zero-order chi connectivity index (χ0) is 17.0. The Labute approximate surface area is 154 Å². The summed E-state index contributed by atoms with van der Waals surface area (Å²) < 4.78 is 0.854. The molecule has 0 aromatic heterocycles. The van der Waals surface area contributed by atoms with Crippen molar-refractivity contribution in [3.63, 3.8) is 0 Å². The van der Waals surface area contributed by atoms with Gasteiger partial charge in [0.05, 0.1) is 12.7 Å². The third kappa shape index (κ3) is 2.68. The lowest BCUT2D eigenvalue weighted by Gasteiger charge is -2.31. The number of aryl methyl sites for hydroxylation is 1. The molecule has 2 atom stereocenters. The van der Waals surface area contributed by atoms with Crippen molar-refractivity contribution in [1.29, 1.82) is 0 Å². The van der Waals surface area contributed by atoms with Crippen LogP contribution in [0.3, 0.4) is 0 Å². The predicted molar refractivity (Wildman–Crippen MR) is 110 cm³/mol. The molecule has 3 rings (SSSR count). The van der Waals surface area contributed by atoms with Crippen LogP contribution in [-0.2, 0) is 5.41 Å². The molecular formula is C20H26IN2+. The largest absolute Gasteiger partial charge is 0.285 e. The second-order valence-electron chi connectivity index (χ2n) is 7.70. The molecule has 2 aromatic rings. The van der Waals surface area contributed by atoms with Crippen molar-refractivity contribution < 1.29 is 0 Å². The van der Waals surface area contributed by atoms with Crippen LogP contribution in [0.1, 0.15) is 38.8 Å². The molecule has 0 bridgehead atoms. The first-order chi connectivity index (χ1) is 10.6. The summed E-state index contributed by atoms with van der Waals surface area (Å²) >= 11 is 2.56.